The molecule has 27 heavy (non-hydrogen) atoms. The van der Waals surface area contributed by atoms with Crippen LogP contribution in [-0.2, 0) is 13.1 Å². The number of aromatic nitrogens is 1. The lowest BCUT2D eigenvalue weighted by atomic mass is 10.1. The predicted octanol–water partition coefficient (Wildman–Crippen LogP) is 4.44. The first kappa shape index (κ1) is 23.2. The van der Waals surface area contributed by atoms with Crippen LogP contribution in [0.25, 0.3) is 0 Å². The van der Waals surface area contributed by atoms with Crippen molar-refractivity contribution in [2.75, 3.05) is 6.54 Å². The fourth-order valence-electron chi connectivity index (χ4n) is 2.39. The highest BCUT2D eigenvalue weighted by atomic mass is 127. The molecule has 1 atom stereocenters. The number of benzene rings is 1. The molecule has 0 saturated heterocycles. The van der Waals surface area contributed by atoms with Crippen molar-refractivity contribution >= 4 is 29.9 Å². The van der Waals surface area contributed by atoms with Crippen LogP contribution in [0.15, 0.2) is 47.6 Å². The zero-order chi connectivity index (χ0) is 18.8. The van der Waals surface area contributed by atoms with Crippen molar-refractivity contribution in [3.63, 3.8) is 0 Å². The maximum absolute atomic E-state index is 6.08. The Kier molecular flexibility index (Phi) is 10.8. The molecule has 1 unspecified atom stereocenters. The third-order valence-electron chi connectivity index (χ3n) is 4.04. The summed E-state index contributed by atoms with van der Waals surface area (Å²) in [5, 5.41) is 6.60. The number of rotatable bonds is 8. The molecule has 5 nitrogen and oxygen atoms in total. The fourth-order valence-corrected chi connectivity index (χ4v) is 2.39. The molecular weight excluding hydrogens is 451 g/mol. The number of guanidine groups is 1. The van der Waals surface area contributed by atoms with E-state index in [-0.39, 0.29) is 30.1 Å². The monoisotopic (exact) mass is 482 g/mol. The second-order valence-corrected chi connectivity index (χ2v) is 6.32. The minimum atomic E-state index is 0. The van der Waals surface area contributed by atoms with Gasteiger partial charge in [-0.25, -0.2) is 4.99 Å². The average molecular weight is 482 g/mol. The Morgan fingerprint density at radius 2 is 2.00 bits per heavy atom. The van der Waals surface area contributed by atoms with Crippen molar-refractivity contribution in [2.45, 2.75) is 53.3 Å². The Labute approximate surface area is 180 Å². The first-order chi connectivity index (χ1) is 12.6. The number of ether oxygens (including phenoxy) is 1. The molecule has 0 radical (unpaired) electrons. The third kappa shape index (κ3) is 8.15. The van der Waals surface area contributed by atoms with Crippen molar-refractivity contribution in [1.29, 1.82) is 0 Å². The van der Waals surface area contributed by atoms with E-state index in [1.54, 1.807) is 6.20 Å². The van der Waals surface area contributed by atoms with Crippen molar-refractivity contribution in [3.05, 3.63) is 59.4 Å². The summed E-state index contributed by atoms with van der Waals surface area (Å²) >= 11 is 0. The van der Waals surface area contributed by atoms with Gasteiger partial charge in [-0.15, -0.1) is 24.0 Å². The van der Waals surface area contributed by atoms with Gasteiger partial charge in [-0.2, -0.15) is 0 Å². The molecule has 2 aromatic rings. The van der Waals surface area contributed by atoms with Gasteiger partial charge >= 0.3 is 0 Å². The highest BCUT2D eigenvalue weighted by molar-refractivity contribution is 14.0. The van der Waals surface area contributed by atoms with E-state index in [0.29, 0.717) is 13.1 Å². The maximum atomic E-state index is 6.08. The van der Waals surface area contributed by atoms with E-state index in [4.69, 9.17) is 9.73 Å². The number of nitrogens with one attached hydrogen (secondary N) is 2. The molecule has 0 bridgehead atoms. The lowest BCUT2D eigenvalue weighted by molar-refractivity contribution is 0.215. The Morgan fingerprint density at radius 3 is 2.67 bits per heavy atom. The van der Waals surface area contributed by atoms with Gasteiger partial charge in [0.25, 0.3) is 0 Å². The van der Waals surface area contributed by atoms with Crippen LogP contribution in [-0.4, -0.2) is 23.6 Å². The molecule has 0 amide bonds. The molecule has 0 saturated carbocycles. The van der Waals surface area contributed by atoms with Gasteiger partial charge in [0.05, 0.1) is 24.9 Å². The van der Waals surface area contributed by atoms with Crippen LogP contribution in [0.1, 0.15) is 44.0 Å². The minimum Gasteiger partial charge on any atom is -0.490 e. The Morgan fingerprint density at radius 1 is 1.19 bits per heavy atom. The zero-order valence-corrected chi connectivity index (χ0v) is 19.0. The van der Waals surface area contributed by atoms with Gasteiger partial charge in [0, 0.05) is 18.3 Å². The summed E-state index contributed by atoms with van der Waals surface area (Å²) in [4.78, 5) is 9.04. The molecule has 0 aliphatic carbocycles. The molecule has 2 rings (SSSR count). The zero-order valence-electron chi connectivity index (χ0n) is 16.7. The molecule has 148 valence electrons. The summed E-state index contributed by atoms with van der Waals surface area (Å²) in [7, 11) is 0. The largest absolute Gasteiger partial charge is 0.490 e. The molecule has 1 aromatic heterocycles. The molecule has 0 aliphatic heterocycles. The van der Waals surface area contributed by atoms with Crippen LogP contribution in [0, 0.1) is 6.92 Å². The average Bonchev–Trinajstić information content (AvgIpc) is 2.66. The molecule has 6 heteroatoms. The van der Waals surface area contributed by atoms with Gasteiger partial charge in [-0.1, -0.05) is 25.1 Å². The minimum absolute atomic E-state index is 0. The smallest absolute Gasteiger partial charge is 0.191 e. The quantitative estimate of drug-likeness (QED) is 0.332. The van der Waals surface area contributed by atoms with E-state index in [9.17, 15) is 0 Å². The summed E-state index contributed by atoms with van der Waals surface area (Å²) in [6, 6.07) is 12.2. The van der Waals surface area contributed by atoms with Crippen molar-refractivity contribution < 1.29 is 4.74 Å². The van der Waals surface area contributed by atoms with E-state index in [0.717, 1.165) is 35.9 Å². The fraction of sp³-hybridized carbons (Fsp3) is 0.429. The first-order valence-electron chi connectivity index (χ1n) is 9.30. The van der Waals surface area contributed by atoms with Crippen LogP contribution in [0.3, 0.4) is 0 Å². The summed E-state index contributed by atoms with van der Waals surface area (Å²) in [5.41, 5.74) is 3.26. The second kappa shape index (κ2) is 12.5. The summed E-state index contributed by atoms with van der Waals surface area (Å²) in [6.07, 6.45) is 2.96. The first-order valence-corrected chi connectivity index (χ1v) is 9.30. The van der Waals surface area contributed by atoms with E-state index < -0.39 is 0 Å². The highest BCUT2D eigenvalue weighted by Gasteiger charge is 2.08. The van der Waals surface area contributed by atoms with E-state index >= 15 is 0 Å². The van der Waals surface area contributed by atoms with Crippen LogP contribution >= 0.6 is 24.0 Å². The predicted molar refractivity (Wildman–Crippen MR) is 123 cm³/mol. The number of nitrogens with zero attached hydrogens (tertiary/aromatic N) is 2. The van der Waals surface area contributed by atoms with E-state index in [1.165, 1.54) is 5.56 Å². The van der Waals surface area contributed by atoms with Crippen LogP contribution in [0.5, 0.6) is 5.75 Å². The maximum Gasteiger partial charge on any atom is 0.191 e. The summed E-state index contributed by atoms with van der Waals surface area (Å²) < 4.78 is 6.08. The lowest BCUT2D eigenvalue weighted by Crippen LogP contribution is -2.37. The number of hydrogen-bond acceptors (Lipinski definition) is 3. The van der Waals surface area contributed by atoms with Gasteiger partial charge < -0.3 is 15.4 Å². The van der Waals surface area contributed by atoms with Crippen LogP contribution < -0.4 is 15.4 Å². The number of pyridine rings is 1. The Hall–Kier alpha value is -1.83. The summed E-state index contributed by atoms with van der Waals surface area (Å²) in [6.45, 7) is 10.4. The topological polar surface area (TPSA) is 58.5 Å². The lowest BCUT2D eigenvalue weighted by Gasteiger charge is -2.17. The van der Waals surface area contributed by atoms with Gasteiger partial charge in [-0.05, 0) is 51.0 Å². The molecule has 1 heterocycles. The van der Waals surface area contributed by atoms with Crippen molar-refractivity contribution in [2.24, 2.45) is 4.99 Å². The number of halogens is 1. The highest BCUT2D eigenvalue weighted by Crippen LogP contribution is 2.23. The molecule has 1 aromatic carbocycles. The molecule has 2 N–H and O–H groups in total. The van der Waals surface area contributed by atoms with Crippen molar-refractivity contribution in [1.82, 2.24) is 15.6 Å². The molecule has 0 aliphatic rings. The standard InChI is InChI=1S/C21H30N4O.HI/c1-5-17(4)26-20-13-16(3)10-11-18(20)14-24-21(22-6-2)25-15-19-9-7-8-12-23-19;/h7-13,17H,5-6,14-15H2,1-4H3,(H2,22,24,25);1H. The summed E-state index contributed by atoms with van der Waals surface area (Å²) in [5.74, 6) is 1.69. The number of hydrogen-bond donors (Lipinski definition) is 2. The molecule has 0 fully saturated rings. The normalized spacial score (nSPS) is 12.1. The van der Waals surface area contributed by atoms with Gasteiger partial charge in [0.2, 0.25) is 0 Å². The number of aryl methyl sites for hydroxylation is 1. The third-order valence-corrected chi connectivity index (χ3v) is 4.04. The van der Waals surface area contributed by atoms with Gasteiger partial charge in [0.15, 0.2) is 5.96 Å². The van der Waals surface area contributed by atoms with E-state index in [2.05, 4.69) is 61.5 Å². The Bertz CT molecular complexity index is 707. The van der Waals surface area contributed by atoms with Crippen LogP contribution in [0.2, 0.25) is 0 Å². The Balaban J connectivity index is 0.00000364. The molecular formula is C21H31IN4O. The van der Waals surface area contributed by atoms with Crippen LogP contribution in [0.4, 0.5) is 0 Å². The van der Waals surface area contributed by atoms with Gasteiger partial charge in [0.1, 0.15) is 5.75 Å². The van der Waals surface area contributed by atoms with Gasteiger partial charge in [-0.3, -0.25) is 4.98 Å². The van der Waals surface area contributed by atoms with Crippen molar-refractivity contribution in [3.8, 4) is 5.75 Å². The SMILES string of the molecule is CCNC(=NCc1ccc(C)cc1OC(C)CC)NCc1ccccn1.I. The van der Waals surface area contributed by atoms with E-state index in [1.807, 2.05) is 18.2 Å². The second-order valence-electron chi connectivity index (χ2n) is 6.32. The molecule has 0 spiro atoms. The number of aliphatic imine (C=N–C) groups is 1.